The van der Waals surface area contributed by atoms with Crippen molar-refractivity contribution >= 4 is 17.3 Å². The van der Waals surface area contributed by atoms with Crippen LogP contribution in [-0.4, -0.2) is 25.2 Å². The van der Waals surface area contributed by atoms with Gasteiger partial charge in [0.1, 0.15) is 9.88 Å². The third-order valence-corrected chi connectivity index (χ3v) is 3.55. The van der Waals surface area contributed by atoms with E-state index in [1.54, 1.807) is 7.11 Å². The SMILES string of the molecule is COCc1nc(C(N)C(C)C)sc1C(=O)OC. The molecule has 0 aliphatic heterocycles. The quantitative estimate of drug-likeness (QED) is 0.814. The molecule has 5 nitrogen and oxygen atoms in total. The number of hydrogen-bond donors (Lipinski definition) is 1. The molecule has 17 heavy (non-hydrogen) atoms. The number of nitrogens with zero attached hydrogens (tertiary/aromatic N) is 1. The molecular weight excluding hydrogens is 240 g/mol. The van der Waals surface area contributed by atoms with Crippen molar-refractivity contribution in [1.29, 1.82) is 0 Å². The van der Waals surface area contributed by atoms with Gasteiger partial charge >= 0.3 is 5.97 Å². The van der Waals surface area contributed by atoms with E-state index in [2.05, 4.69) is 4.98 Å². The fourth-order valence-electron chi connectivity index (χ4n) is 1.28. The Balaban J connectivity index is 3.07. The van der Waals surface area contributed by atoms with E-state index in [1.165, 1.54) is 18.4 Å². The molecule has 96 valence electrons. The first-order valence-corrected chi connectivity index (χ1v) is 6.15. The summed E-state index contributed by atoms with van der Waals surface area (Å²) >= 11 is 1.28. The van der Waals surface area contributed by atoms with Gasteiger partial charge in [-0.2, -0.15) is 0 Å². The van der Waals surface area contributed by atoms with Crippen molar-refractivity contribution in [2.24, 2.45) is 11.7 Å². The second-order valence-corrected chi connectivity index (χ2v) is 5.05. The molecule has 0 fully saturated rings. The minimum Gasteiger partial charge on any atom is -0.465 e. The smallest absolute Gasteiger partial charge is 0.350 e. The molecule has 2 N–H and O–H groups in total. The van der Waals surface area contributed by atoms with Crippen molar-refractivity contribution < 1.29 is 14.3 Å². The van der Waals surface area contributed by atoms with Crippen molar-refractivity contribution in [3.05, 3.63) is 15.6 Å². The van der Waals surface area contributed by atoms with Crippen LogP contribution in [0.4, 0.5) is 0 Å². The summed E-state index contributed by atoms with van der Waals surface area (Å²) in [6.45, 7) is 4.31. The lowest BCUT2D eigenvalue weighted by Crippen LogP contribution is -2.16. The Morgan fingerprint density at radius 3 is 2.59 bits per heavy atom. The molecule has 0 radical (unpaired) electrons. The van der Waals surface area contributed by atoms with Gasteiger partial charge in [0, 0.05) is 7.11 Å². The Morgan fingerprint density at radius 1 is 1.47 bits per heavy atom. The first kappa shape index (κ1) is 14.1. The number of methoxy groups -OCH3 is 2. The molecule has 1 rings (SSSR count). The van der Waals surface area contributed by atoms with Gasteiger partial charge in [-0.1, -0.05) is 13.8 Å². The highest BCUT2D eigenvalue weighted by Crippen LogP contribution is 2.27. The molecule has 0 amide bonds. The Bertz CT molecular complexity index is 390. The fraction of sp³-hybridized carbons (Fsp3) is 0.636. The lowest BCUT2D eigenvalue weighted by Gasteiger charge is -2.11. The van der Waals surface area contributed by atoms with Crippen LogP contribution in [0.3, 0.4) is 0 Å². The Morgan fingerprint density at radius 2 is 2.12 bits per heavy atom. The summed E-state index contributed by atoms with van der Waals surface area (Å²) in [7, 11) is 2.91. The second kappa shape index (κ2) is 6.09. The molecule has 1 atom stereocenters. The zero-order valence-electron chi connectivity index (χ0n) is 10.5. The Kier molecular flexibility index (Phi) is 5.04. The minimum atomic E-state index is -0.392. The number of thiazole rings is 1. The Labute approximate surface area is 105 Å². The van der Waals surface area contributed by atoms with E-state index in [9.17, 15) is 4.79 Å². The number of nitrogens with two attached hydrogens (primary N) is 1. The van der Waals surface area contributed by atoms with Gasteiger partial charge in [0.05, 0.1) is 25.5 Å². The number of carbonyl (C=O) groups is 1. The van der Waals surface area contributed by atoms with Crippen LogP contribution in [0.5, 0.6) is 0 Å². The highest BCUT2D eigenvalue weighted by Gasteiger charge is 2.22. The lowest BCUT2D eigenvalue weighted by molar-refractivity contribution is 0.0601. The fourth-order valence-corrected chi connectivity index (χ4v) is 2.45. The minimum absolute atomic E-state index is 0.172. The maximum atomic E-state index is 11.6. The van der Waals surface area contributed by atoms with Crippen molar-refractivity contribution in [2.75, 3.05) is 14.2 Å². The van der Waals surface area contributed by atoms with E-state index in [4.69, 9.17) is 15.2 Å². The van der Waals surface area contributed by atoms with Crippen LogP contribution in [0, 0.1) is 5.92 Å². The molecule has 0 aliphatic carbocycles. The first-order valence-electron chi connectivity index (χ1n) is 5.33. The van der Waals surface area contributed by atoms with Gasteiger partial charge in [-0.15, -0.1) is 11.3 Å². The zero-order valence-corrected chi connectivity index (χ0v) is 11.3. The number of carbonyl (C=O) groups excluding carboxylic acids is 1. The lowest BCUT2D eigenvalue weighted by atomic mass is 10.1. The topological polar surface area (TPSA) is 74.4 Å². The first-order chi connectivity index (χ1) is 8.01. The van der Waals surface area contributed by atoms with E-state index >= 15 is 0 Å². The summed E-state index contributed by atoms with van der Waals surface area (Å²) in [6.07, 6.45) is 0. The molecule has 0 saturated heterocycles. The van der Waals surface area contributed by atoms with Gasteiger partial charge in [0.2, 0.25) is 0 Å². The van der Waals surface area contributed by atoms with Gasteiger partial charge in [-0.25, -0.2) is 9.78 Å². The van der Waals surface area contributed by atoms with Crippen LogP contribution < -0.4 is 5.73 Å². The number of ether oxygens (including phenoxy) is 2. The van der Waals surface area contributed by atoms with E-state index in [0.717, 1.165) is 5.01 Å². The predicted molar refractivity (Wildman–Crippen MR) is 65.9 cm³/mol. The van der Waals surface area contributed by atoms with Crippen LogP contribution in [0.1, 0.15) is 40.3 Å². The van der Waals surface area contributed by atoms with Gasteiger partial charge < -0.3 is 15.2 Å². The number of esters is 1. The van der Waals surface area contributed by atoms with Crippen molar-refractivity contribution in [3.63, 3.8) is 0 Å². The molecule has 0 spiro atoms. The van der Waals surface area contributed by atoms with E-state index in [1.807, 2.05) is 13.8 Å². The molecule has 0 bridgehead atoms. The molecular formula is C11H18N2O3S. The molecule has 6 heteroatoms. The van der Waals surface area contributed by atoms with Crippen LogP contribution in [0.15, 0.2) is 0 Å². The number of aromatic nitrogens is 1. The highest BCUT2D eigenvalue weighted by molar-refractivity contribution is 7.13. The molecule has 1 unspecified atom stereocenters. The van der Waals surface area contributed by atoms with Crippen molar-refractivity contribution in [2.45, 2.75) is 26.5 Å². The van der Waals surface area contributed by atoms with Crippen LogP contribution in [0.2, 0.25) is 0 Å². The standard InChI is InChI=1S/C11H18N2O3S/c1-6(2)8(12)10-13-7(5-15-3)9(17-10)11(14)16-4/h6,8H,5,12H2,1-4H3. The summed E-state index contributed by atoms with van der Waals surface area (Å²) in [4.78, 5) is 16.4. The monoisotopic (exact) mass is 258 g/mol. The maximum absolute atomic E-state index is 11.6. The Hall–Kier alpha value is -0.980. The summed E-state index contributed by atoms with van der Waals surface area (Å²) in [6, 6.07) is -0.172. The van der Waals surface area contributed by atoms with Gasteiger partial charge in [0.15, 0.2) is 0 Å². The number of hydrogen-bond acceptors (Lipinski definition) is 6. The van der Waals surface area contributed by atoms with Crippen molar-refractivity contribution in [3.8, 4) is 0 Å². The van der Waals surface area contributed by atoms with Gasteiger partial charge in [-0.05, 0) is 5.92 Å². The third-order valence-electron chi connectivity index (χ3n) is 2.37. The summed E-state index contributed by atoms with van der Waals surface area (Å²) in [5.41, 5.74) is 6.61. The van der Waals surface area contributed by atoms with Gasteiger partial charge in [-0.3, -0.25) is 0 Å². The summed E-state index contributed by atoms with van der Waals surface area (Å²) in [5, 5.41) is 0.743. The number of rotatable bonds is 5. The second-order valence-electron chi connectivity index (χ2n) is 4.02. The van der Waals surface area contributed by atoms with Crippen molar-refractivity contribution in [1.82, 2.24) is 4.98 Å². The van der Waals surface area contributed by atoms with Crippen LogP contribution >= 0.6 is 11.3 Å². The van der Waals surface area contributed by atoms with Gasteiger partial charge in [0.25, 0.3) is 0 Å². The molecule has 0 aliphatic rings. The summed E-state index contributed by atoms with van der Waals surface area (Å²) < 4.78 is 9.72. The van der Waals surface area contributed by atoms with E-state index < -0.39 is 5.97 Å². The maximum Gasteiger partial charge on any atom is 0.350 e. The predicted octanol–water partition coefficient (Wildman–Crippen LogP) is 1.73. The van der Waals surface area contributed by atoms with E-state index in [-0.39, 0.29) is 18.6 Å². The largest absolute Gasteiger partial charge is 0.465 e. The third kappa shape index (κ3) is 3.24. The van der Waals surface area contributed by atoms with E-state index in [0.29, 0.717) is 10.6 Å². The molecule has 1 heterocycles. The molecule has 0 saturated carbocycles. The summed E-state index contributed by atoms with van der Waals surface area (Å²) in [5.74, 6) is -0.126. The zero-order chi connectivity index (χ0) is 13.0. The highest BCUT2D eigenvalue weighted by atomic mass is 32.1. The average molecular weight is 258 g/mol. The van der Waals surface area contributed by atoms with Crippen LogP contribution in [-0.2, 0) is 16.1 Å². The molecule has 1 aromatic rings. The normalized spacial score (nSPS) is 12.8. The average Bonchev–Trinajstić information content (AvgIpc) is 2.71. The van der Waals surface area contributed by atoms with Crippen LogP contribution in [0.25, 0.3) is 0 Å². The molecule has 0 aromatic carbocycles. The molecule has 1 aromatic heterocycles.